The predicted molar refractivity (Wildman–Crippen MR) is 67.6 cm³/mol. The Morgan fingerprint density at radius 1 is 1.50 bits per heavy atom. The molecule has 0 amide bonds. The zero-order valence-corrected chi connectivity index (χ0v) is 10.8. The molecule has 0 atom stereocenters. The summed E-state index contributed by atoms with van der Waals surface area (Å²) in [5.41, 5.74) is 5.81. The third-order valence-electron chi connectivity index (χ3n) is 2.49. The highest BCUT2D eigenvalue weighted by Crippen LogP contribution is 2.19. The number of nitrogens with two attached hydrogens (primary N) is 1. The molecule has 3 heterocycles. The first-order valence-corrected chi connectivity index (χ1v) is 5.81. The van der Waals surface area contributed by atoms with Crippen molar-refractivity contribution in [3.63, 3.8) is 0 Å². The van der Waals surface area contributed by atoms with E-state index in [9.17, 15) is 4.79 Å². The topological polar surface area (TPSA) is 107 Å². The second-order valence-corrected chi connectivity index (χ2v) is 4.55. The van der Waals surface area contributed by atoms with Crippen LogP contribution in [0.15, 0.2) is 21.5 Å². The van der Waals surface area contributed by atoms with E-state index in [2.05, 4.69) is 36.2 Å². The van der Waals surface area contributed by atoms with E-state index in [1.807, 2.05) is 0 Å². The molecule has 0 aliphatic rings. The van der Waals surface area contributed by atoms with Crippen LogP contribution in [0.1, 0.15) is 5.82 Å². The zero-order chi connectivity index (χ0) is 12.9. The number of halogens is 1. The average Bonchev–Trinajstić information content (AvgIpc) is 2.84. The van der Waals surface area contributed by atoms with Crippen LogP contribution >= 0.6 is 15.9 Å². The Bertz CT molecular complexity index is 779. The quantitative estimate of drug-likeness (QED) is 0.670. The van der Waals surface area contributed by atoms with Gasteiger partial charge in [0.2, 0.25) is 0 Å². The lowest BCUT2D eigenvalue weighted by Gasteiger charge is -2.02. The Morgan fingerprint density at radius 2 is 2.28 bits per heavy atom. The van der Waals surface area contributed by atoms with E-state index in [0.717, 1.165) is 0 Å². The molecule has 3 N–H and O–H groups in total. The summed E-state index contributed by atoms with van der Waals surface area (Å²) >= 11 is 3.27. The number of rotatable bonds is 1. The van der Waals surface area contributed by atoms with E-state index in [1.165, 1.54) is 9.08 Å². The van der Waals surface area contributed by atoms with Crippen LogP contribution in [0, 0.1) is 6.92 Å². The van der Waals surface area contributed by atoms with Crippen molar-refractivity contribution < 1.29 is 0 Å². The number of hydrogen-bond donors (Lipinski definition) is 2. The molecule has 3 rings (SSSR count). The van der Waals surface area contributed by atoms with Crippen molar-refractivity contribution in [3.8, 4) is 5.82 Å². The van der Waals surface area contributed by atoms with Gasteiger partial charge in [0.05, 0.1) is 4.47 Å². The molecule has 3 aromatic rings. The Balaban J connectivity index is 2.27. The molecule has 0 unspecified atom stereocenters. The highest BCUT2D eigenvalue weighted by Gasteiger charge is 2.10. The van der Waals surface area contributed by atoms with E-state index in [4.69, 9.17) is 5.73 Å². The third-order valence-corrected chi connectivity index (χ3v) is 3.10. The van der Waals surface area contributed by atoms with Crippen LogP contribution in [0.3, 0.4) is 0 Å². The smallest absolute Gasteiger partial charge is 0.349 e. The molecule has 0 aliphatic heterocycles. The molecular formula is C9H8BrN7O. The molecule has 3 aromatic heterocycles. The molecule has 0 saturated heterocycles. The molecule has 0 fully saturated rings. The highest BCUT2D eigenvalue weighted by molar-refractivity contribution is 9.10. The SMILES string of the molecule is Cc1nc(-n2cc(Br)c(N)n2)cc2n[nH]c(=O)n12. The minimum Gasteiger partial charge on any atom is -0.381 e. The van der Waals surface area contributed by atoms with Gasteiger partial charge < -0.3 is 5.73 Å². The summed E-state index contributed by atoms with van der Waals surface area (Å²) in [5.74, 6) is 1.43. The number of nitrogens with zero attached hydrogens (tertiary/aromatic N) is 5. The fourth-order valence-corrected chi connectivity index (χ4v) is 1.96. The van der Waals surface area contributed by atoms with Crippen LogP contribution in [0.5, 0.6) is 0 Å². The molecule has 8 nitrogen and oxygen atoms in total. The van der Waals surface area contributed by atoms with Crippen molar-refractivity contribution in [2.75, 3.05) is 5.73 Å². The summed E-state index contributed by atoms with van der Waals surface area (Å²) in [6.45, 7) is 1.72. The van der Waals surface area contributed by atoms with E-state index in [1.54, 1.807) is 19.2 Å². The number of nitrogens with one attached hydrogen (secondary N) is 1. The van der Waals surface area contributed by atoms with Gasteiger partial charge in [0.15, 0.2) is 17.3 Å². The number of nitrogen functional groups attached to an aromatic ring is 1. The van der Waals surface area contributed by atoms with E-state index < -0.39 is 0 Å². The van der Waals surface area contributed by atoms with Gasteiger partial charge in [0.25, 0.3) is 0 Å². The molecule has 18 heavy (non-hydrogen) atoms. The summed E-state index contributed by atoms with van der Waals surface area (Å²) in [6.07, 6.45) is 1.69. The van der Waals surface area contributed by atoms with Gasteiger partial charge >= 0.3 is 5.69 Å². The Labute approximate surface area is 109 Å². The lowest BCUT2D eigenvalue weighted by atomic mass is 10.5. The number of hydrogen-bond acceptors (Lipinski definition) is 5. The number of aromatic amines is 1. The molecule has 9 heteroatoms. The fraction of sp³-hybridized carbons (Fsp3) is 0.111. The zero-order valence-electron chi connectivity index (χ0n) is 9.25. The highest BCUT2D eigenvalue weighted by atomic mass is 79.9. The van der Waals surface area contributed by atoms with Crippen LogP contribution in [-0.4, -0.2) is 29.4 Å². The second-order valence-electron chi connectivity index (χ2n) is 3.69. The normalized spacial score (nSPS) is 11.2. The van der Waals surface area contributed by atoms with Gasteiger partial charge in [-0.1, -0.05) is 0 Å². The largest absolute Gasteiger partial charge is 0.381 e. The number of anilines is 1. The standard InChI is InChI=1S/C9H8BrN7O/c1-4-12-6(16-3-5(10)8(11)15-16)2-7-13-14-9(18)17(4)7/h2-3H,1H3,(H2,11,15)(H,14,18). The molecule has 0 radical (unpaired) electrons. The van der Waals surface area contributed by atoms with E-state index >= 15 is 0 Å². The summed E-state index contributed by atoms with van der Waals surface area (Å²) < 4.78 is 3.58. The first kappa shape index (κ1) is 11.0. The predicted octanol–water partition coefficient (Wildman–Crippen LogP) is 0.256. The number of aryl methyl sites for hydroxylation is 1. The Kier molecular flexibility index (Phi) is 2.23. The maximum atomic E-state index is 11.5. The maximum Gasteiger partial charge on any atom is 0.349 e. The maximum absolute atomic E-state index is 11.5. The first-order chi connectivity index (χ1) is 8.56. The van der Waals surface area contributed by atoms with Gasteiger partial charge in [0.1, 0.15) is 5.82 Å². The summed E-state index contributed by atoms with van der Waals surface area (Å²) in [5, 5.41) is 10.4. The van der Waals surface area contributed by atoms with Crippen LogP contribution in [-0.2, 0) is 0 Å². The van der Waals surface area contributed by atoms with Gasteiger partial charge in [0, 0.05) is 12.3 Å². The molecule has 0 spiro atoms. The van der Waals surface area contributed by atoms with E-state index in [-0.39, 0.29) is 5.69 Å². The van der Waals surface area contributed by atoms with Gasteiger partial charge in [-0.2, -0.15) is 5.10 Å². The second kappa shape index (κ2) is 3.67. The minimum absolute atomic E-state index is 0.317. The Morgan fingerprint density at radius 3 is 2.94 bits per heavy atom. The van der Waals surface area contributed by atoms with Crippen molar-refractivity contribution in [2.24, 2.45) is 0 Å². The molecule has 0 aliphatic carbocycles. The van der Waals surface area contributed by atoms with Crippen LogP contribution < -0.4 is 11.4 Å². The fourth-order valence-electron chi connectivity index (χ4n) is 1.68. The molecular weight excluding hydrogens is 302 g/mol. The van der Waals surface area contributed by atoms with Crippen molar-refractivity contribution in [1.82, 2.24) is 29.4 Å². The number of fused-ring (bicyclic) bond motifs is 1. The first-order valence-electron chi connectivity index (χ1n) is 5.02. The van der Waals surface area contributed by atoms with Gasteiger partial charge in [-0.15, -0.1) is 5.10 Å². The number of aromatic nitrogens is 6. The average molecular weight is 310 g/mol. The third kappa shape index (κ3) is 1.51. The van der Waals surface area contributed by atoms with Gasteiger partial charge in [-0.3, -0.25) is 0 Å². The van der Waals surface area contributed by atoms with E-state index in [0.29, 0.717) is 27.6 Å². The van der Waals surface area contributed by atoms with Crippen LogP contribution in [0.4, 0.5) is 5.82 Å². The van der Waals surface area contributed by atoms with Crippen molar-refractivity contribution in [2.45, 2.75) is 6.92 Å². The van der Waals surface area contributed by atoms with Crippen molar-refractivity contribution in [1.29, 1.82) is 0 Å². The molecule has 0 bridgehead atoms. The molecule has 0 aromatic carbocycles. The minimum atomic E-state index is -0.317. The summed E-state index contributed by atoms with van der Waals surface area (Å²) in [6, 6.07) is 1.64. The number of H-pyrrole nitrogens is 1. The van der Waals surface area contributed by atoms with Gasteiger partial charge in [-0.25, -0.2) is 24.0 Å². The summed E-state index contributed by atoms with van der Waals surface area (Å²) in [4.78, 5) is 15.7. The van der Waals surface area contributed by atoms with Gasteiger partial charge in [-0.05, 0) is 22.9 Å². The van der Waals surface area contributed by atoms with Crippen LogP contribution in [0.25, 0.3) is 11.5 Å². The lowest BCUT2D eigenvalue weighted by Crippen LogP contribution is -2.14. The lowest BCUT2D eigenvalue weighted by molar-refractivity contribution is 0.821. The van der Waals surface area contributed by atoms with Crippen LogP contribution in [0.2, 0.25) is 0 Å². The van der Waals surface area contributed by atoms with Crippen molar-refractivity contribution in [3.05, 3.63) is 33.0 Å². The summed E-state index contributed by atoms with van der Waals surface area (Å²) in [7, 11) is 0. The Hall–Kier alpha value is -2.16. The van der Waals surface area contributed by atoms with Crippen molar-refractivity contribution >= 4 is 27.4 Å². The monoisotopic (exact) mass is 309 g/mol. The molecule has 92 valence electrons. The molecule has 0 saturated carbocycles.